The van der Waals surface area contributed by atoms with Gasteiger partial charge in [0.05, 0.1) is 5.92 Å². The van der Waals surface area contributed by atoms with Gasteiger partial charge in [-0.15, -0.1) is 0 Å². The van der Waals surface area contributed by atoms with Crippen LogP contribution in [-0.2, 0) is 16.1 Å². The highest BCUT2D eigenvalue weighted by molar-refractivity contribution is 5.80. The Kier molecular flexibility index (Phi) is 4.83. The first kappa shape index (κ1) is 16.9. The fourth-order valence-electron chi connectivity index (χ4n) is 3.43. The molecule has 3 rings (SSSR count). The molecule has 0 heterocycles. The quantitative estimate of drug-likeness (QED) is 0.896. The molecular formula is C18H21F2NO3. The SMILES string of the molecule is O=C(O)C1CCC(C(=O)N(Cc2ccc(F)cc2F)C2CC2)CC1. The van der Waals surface area contributed by atoms with Crippen LogP contribution in [0.15, 0.2) is 18.2 Å². The molecule has 0 radical (unpaired) electrons. The Labute approximate surface area is 139 Å². The van der Waals surface area contributed by atoms with Gasteiger partial charge >= 0.3 is 5.97 Å². The summed E-state index contributed by atoms with van der Waals surface area (Å²) in [7, 11) is 0. The van der Waals surface area contributed by atoms with Crippen molar-refractivity contribution in [2.45, 2.75) is 51.1 Å². The predicted octanol–water partition coefficient (Wildman–Crippen LogP) is 3.35. The number of halogens is 2. The van der Waals surface area contributed by atoms with Gasteiger partial charge in [-0.2, -0.15) is 0 Å². The smallest absolute Gasteiger partial charge is 0.306 e. The van der Waals surface area contributed by atoms with Gasteiger partial charge in [0, 0.05) is 30.1 Å². The van der Waals surface area contributed by atoms with E-state index in [9.17, 15) is 18.4 Å². The van der Waals surface area contributed by atoms with E-state index in [1.807, 2.05) is 0 Å². The van der Waals surface area contributed by atoms with Gasteiger partial charge in [-0.1, -0.05) is 6.07 Å². The highest BCUT2D eigenvalue weighted by atomic mass is 19.1. The maximum absolute atomic E-state index is 13.9. The number of carboxylic acids is 1. The van der Waals surface area contributed by atoms with Crippen molar-refractivity contribution in [1.29, 1.82) is 0 Å². The number of rotatable bonds is 5. The molecule has 1 aromatic carbocycles. The van der Waals surface area contributed by atoms with Crippen molar-refractivity contribution in [3.63, 3.8) is 0 Å². The largest absolute Gasteiger partial charge is 0.481 e. The zero-order valence-corrected chi connectivity index (χ0v) is 13.4. The Morgan fingerprint density at radius 3 is 2.21 bits per heavy atom. The van der Waals surface area contributed by atoms with Gasteiger partial charge in [0.2, 0.25) is 5.91 Å². The zero-order valence-electron chi connectivity index (χ0n) is 13.4. The van der Waals surface area contributed by atoms with Crippen molar-refractivity contribution >= 4 is 11.9 Å². The van der Waals surface area contributed by atoms with Crippen LogP contribution in [-0.4, -0.2) is 27.9 Å². The Hall–Kier alpha value is -1.98. The summed E-state index contributed by atoms with van der Waals surface area (Å²) in [5.74, 6) is -2.64. The van der Waals surface area contributed by atoms with Crippen molar-refractivity contribution in [2.75, 3.05) is 0 Å². The Morgan fingerprint density at radius 1 is 1.04 bits per heavy atom. The maximum atomic E-state index is 13.9. The first-order valence-electron chi connectivity index (χ1n) is 8.43. The summed E-state index contributed by atoms with van der Waals surface area (Å²) in [5, 5.41) is 9.05. The van der Waals surface area contributed by atoms with Crippen LogP contribution >= 0.6 is 0 Å². The molecule has 2 fully saturated rings. The monoisotopic (exact) mass is 337 g/mol. The molecular weight excluding hydrogens is 316 g/mol. The number of nitrogens with zero attached hydrogens (tertiary/aromatic N) is 1. The zero-order chi connectivity index (χ0) is 17.3. The molecule has 2 saturated carbocycles. The van der Waals surface area contributed by atoms with Crippen LogP contribution < -0.4 is 0 Å². The molecule has 0 spiro atoms. The van der Waals surface area contributed by atoms with E-state index in [2.05, 4.69) is 0 Å². The topological polar surface area (TPSA) is 57.6 Å². The second kappa shape index (κ2) is 6.87. The highest BCUT2D eigenvalue weighted by Crippen LogP contribution is 2.35. The third kappa shape index (κ3) is 3.74. The van der Waals surface area contributed by atoms with Gasteiger partial charge < -0.3 is 10.0 Å². The fraction of sp³-hybridized carbons (Fsp3) is 0.556. The molecule has 1 aromatic rings. The molecule has 0 aliphatic heterocycles. The molecule has 130 valence electrons. The highest BCUT2D eigenvalue weighted by Gasteiger charge is 2.38. The second-order valence-corrected chi connectivity index (χ2v) is 6.82. The Morgan fingerprint density at radius 2 is 1.67 bits per heavy atom. The lowest BCUT2D eigenvalue weighted by molar-refractivity contribution is -0.146. The van der Waals surface area contributed by atoms with Crippen LogP contribution in [0.2, 0.25) is 0 Å². The first-order valence-corrected chi connectivity index (χ1v) is 8.43. The molecule has 1 N–H and O–H groups in total. The van der Waals surface area contributed by atoms with E-state index in [4.69, 9.17) is 5.11 Å². The summed E-state index contributed by atoms with van der Waals surface area (Å²) in [5.41, 5.74) is 0.316. The van der Waals surface area contributed by atoms with Crippen molar-refractivity contribution < 1.29 is 23.5 Å². The average Bonchev–Trinajstić information content (AvgIpc) is 3.38. The summed E-state index contributed by atoms with van der Waals surface area (Å²) >= 11 is 0. The van der Waals surface area contributed by atoms with E-state index in [0.717, 1.165) is 18.9 Å². The van der Waals surface area contributed by atoms with Crippen LogP contribution in [0.4, 0.5) is 8.78 Å². The number of carboxylic acid groups (broad SMARTS) is 1. The van der Waals surface area contributed by atoms with Crippen LogP contribution in [0.5, 0.6) is 0 Å². The minimum absolute atomic E-state index is 0.0231. The molecule has 0 bridgehead atoms. The van der Waals surface area contributed by atoms with Crippen LogP contribution in [0.25, 0.3) is 0 Å². The summed E-state index contributed by atoms with van der Waals surface area (Å²) in [4.78, 5) is 25.5. The molecule has 2 aliphatic rings. The number of carbonyl (C=O) groups excluding carboxylic acids is 1. The van der Waals surface area contributed by atoms with Crippen molar-refractivity contribution in [3.8, 4) is 0 Å². The van der Waals surface area contributed by atoms with E-state index in [-0.39, 0.29) is 30.3 Å². The lowest BCUT2D eigenvalue weighted by Gasteiger charge is -2.31. The van der Waals surface area contributed by atoms with Gasteiger partial charge in [0.1, 0.15) is 11.6 Å². The number of benzene rings is 1. The van der Waals surface area contributed by atoms with Crippen LogP contribution in [0.1, 0.15) is 44.1 Å². The van der Waals surface area contributed by atoms with E-state index < -0.39 is 17.6 Å². The van der Waals surface area contributed by atoms with E-state index in [1.165, 1.54) is 12.1 Å². The standard InChI is InChI=1S/C18H21F2NO3/c19-14-6-5-13(16(20)9-14)10-21(15-7-8-15)17(22)11-1-3-12(4-2-11)18(23)24/h5-6,9,11-12,15H,1-4,7-8,10H2,(H,23,24). The van der Waals surface area contributed by atoms with E-state index in [1.54, 1.807) is 4.90 Å². The van der Waals surface area contributed by atoms with Gasteiger partial charge in [-0.05, 0) is 44.6 Å². The molecule has 24 heavy (non-hydrogen) atoms. The first-order chi connectivity index (χ1) is 11.5. The minimum Gasteiger partial charge on any atom is -0.481 e. The molecule has 6 heteroatoms. The second-order valence-electron chi connectivity index (χ2n) is 6.82. The number of amides is 1. The predicted molar refractivity (Wildman–Crippen MR) is 83.0 cm³/mol. The van der Waals surface area contributed by atoms with Gasteiger partial charge in [-0.3, -0.25) is 9.59 Å². The Bertz CT molecular complexity index is 637. The third-order valence-corrected chi connectivity index (χ3v) is 5.05. The number of aliphatic carboxylic acids is 1. The molecule has 0 atom stereocenters. The number of hydrogen-bond acceptors (Lipinski definition) is 2. The fourth-order valence-corrected chi connectivity index (χ4v) is 3.43. The summed E-state index contributed by atoms with van der Waals surface area (Å²) in [6, 6.07) is 3.54. The lowest BCUT2D eigenvalue weighted by Crippen LogP contribution is -2.39. The summed E-state index contributed by atoms with van der Waals surface area (Å²) in [6.45, 7) is 0.147. The Balaban J connectivity index is 1.67. The minimum atomic E-state index is -0.798. The summed E-state index contributed by atoms with van der Waals surface area (Å²) in [6.07, 6.45) is 3.94. The third-order valence-electron chi connectivity index (χ3n) is 5.05. The van der Waals surface area contributed by atoms with E-state index in [0.29, 0.717) is 31.2 Å². The van der Waals surface area contributed by atoms with Crippen LogP contribution in [0, 0.1) is 23.5 Å². The maximum Gasteiger partial charge on any atom is 0.306 e. The average molecular weight is 337 g/mol. The van der Waals surface area contributed by atoms with Gasteiger partial charge in [-0.25, -0.2) is 8.78 Å². The number of hydrogen-bond donors (Lipinski definition) is 1. The molecule has 4 nitrogen and oxygen atoms in total. The van der Waals surface area contributed by atoms with Gasteiger partial charge in [0.15, 0.2) is 0 Å². The summed E-state index contributed by atoms with van der Waals surface area (Å²) < 4.78 is 26.9. The lowest BCUT2D eigenvalue weighted by atomic mass is 9.81. The van der Waals surface area contributed by atoms with Gasteiger partial charge in [0.25, 0.3) is 0 Å². The normalized spacial score (nSPS) is 23.8. The molecule has 0 aromatic heterocycles. The van der Waals surface area contributed by atoms with Crippen molar-refractivity contribution in [3.05, 3.63) is 35.4 Å². The molecule has 0 unspecified atom stereocenters. The molecule has 0 saturated heterocycles. The van der Waals surface area contributed by atoms with Crippen LogP contribution in [0.3, 0.4) is 0 Å². The number of carbonyl (C=O) groups is 2. The van der Waals surface area contributed by atoms with Crippen molar-refractivity contribution in [2.24, 2.45) is 11.8 Å². The molecule has 2 aliphatic carbocycles. The van der Waals surface area contributed by atoms with Crippen molar-refractivity contribution in [1.82, 2.24) is 4.90 Å². The molecule has 1 amide bonds. The van der Waals surface area contributed by atoms with E-state index >= 15 is 0 Å².